The molecule has 60 valence electrons. The monoisotopic (exact) mass is 168 g/mol. The zero-order chi connectivity index (χ0) is 8.43. The van der Waals surface area contributed by atoms with Crippen LogP contribution in [0.15, 0.2) is 18.2 Å². The first-order chi connectivity index (χ1) is 5.13. The fourth-order valence-corrected chi connectivity index (χ4v) is 1.44. The molecule has 0 saturated heterocycles. The van der Waals surface area contributed by atoms with Crippen LogP contribution in [-0.4, -0.2) is 0 Å². The normalized spacial score (nSPS) is 13.1. The molecule has 1 aromatic carbocycles. The number of benzene rings is 1. The van der Waals surface area contributed by atoms with Crippen molar-refractivity contribution in [2.75, 3.05) is 0 Å². The Bertz CT molecular complexity index is 251. The van der Waals surface area contributed by atoms with Gasteiger partial charge >= 0.3 is 0 Å². The first-order valence-corrected chi connectivity index (χ1v) is 4.26. The van der Waals surface area contributed by atoms with E-state index in [9.17, 15) is 0 Å². The molecule has 0 aliphatic rings. The highest BCUT2D eigenvalue weighted by atomic mass is 35.5. The highest BCUT2D eigenvalue weighted by Crippen LogP contribution is 2.24. The van der Waals surface area contributed by atoms with Gasteiger partial charge in [-0.3, -0.25) is 0 Å². The topological polar surface area (TPSA) is 0 Å². The van der Waals surface area contributed by atoms with Crippen LogP contribution in [0.5, 0.6) is 0 Å². The third-order valence-corrected chi connectivity index (χ3v) is 2.31. The van der Waals surface area contributed by atoms with Gasteiger partial charge in [-0.1, -0.05) is 18.2 Å². The molecule has 0 spiro atoms. The Morgan fingerprint density at radius 2 is 1.91 bits per heavy atom. The molecular weight excluding hydrogens is 156 g/mol. The van der Waals surface area contributed by atoms with Crippen molar-refractivity contribution >= 4 is 11.6 Å². The number of rotatable bonds is 1. The molecule has 11 heavy (non-hydrogen) atoms. The van der Waals surface area contributed by atoms with Crippen molar-refractivity contribution < 1.29 is 0 Å². The molecule has 0 aliphatic heterocycles. The summed E-state index contributed by atoms with van der Waals surface area (Å²) in [5, 5.41) is 0.120. The third kappa shape index (κ3) is 1.75. The average molecular weight is 169 g/mol. The summed E-state index contributed by atoms with van der Waals surface area (Å²) in [6, 6.07) is 6.24. The van der Waals surface area contributed by atoms with Gasteiger partial charge in [0, 0.05) is 0 Å². The minimum absolute atomic E-state index is 0.120. The standard InChI is InChI=1S/C10H13Cl/c1-7-5-4-6-10(8(7)2)9(3)11/h4-6,9H,1-3H3. The Balaban J connectivity index is 3.17. The highest BCUT2D eigenvalue weighted by molar-refractivity contribution is 6.20. The minimum Gasteiger partial charge on any atom is -0.118 e. The molecule has 1 rings (SSSR count). The van der Waals surface area contributed by atoms with Crippen molar-refractivity contribution in [3.63, 3.8) is 0 Å². The first kappa shape index (κ1) is 8.61. The molecular formula is C10H13Cl. The summed E-state index contributed by atoms with van der Waals surface area (Å²) in [5.74, 6) is 0. The average Bonchev–Trinajstić information content (AvgIpc) is 1.94. The Hall–Kier alpha value is -0.490. The lowest BCUT2D eigenvalue weighted by atomic mass is 10.0. The van der Waals surface area contributed by atoms with Crippen molar-refractivity contribution in [2.45, 2.75) is 26.1 Å². The molecule has 1 atom stereocenters. The second-order valence-electron chi connectivity index (χ2n) is 2.91. The Morgan fingerprint density at radius 3 is 2.36 bits per heavy atom. The quantitative estimate of drug-likeness (QED) is 0.562. The van der Waals surface area contributed by atoms with Crippen molar-refractivity contribution in [1.29, 1.82) is 0 Å². The van der Waals surface area contributed by atoms with Gasteiger partial charge in [0.25, 0.3) is 0 Å². The molecule has 0 heterocycles. The molecule has 1 aromatic rings. The van der Waals surface area contributed by atoms with Crippen LogP contribution in [0.25, 0.3) is 0 Å². The molecule has 0 saturated carbocycles. The van der Waals surface area contributed by atoms with Crippen molar-refractivity contribution in [1.82, 2.24) is 0 Å². The zero-order valence-electron chi connectivity index (χ0n) is 7.19. The molecule has 0 N–H and O–H groups in total. The number of alkyl halides is 1. The van der Waals surface area contributed by atoms with Crippen molar-refractivity contribution in [2.24, 2.45) is 0 Å². The maximum Gasteiger partial charge on any atom is 0.0559 e. The number of aryl methyl sites for hydroxylation is 1. The Morgan fingerprint density at radius 1 is 1.27 bits per heavy atom. The van der Waals surface area contributed by atoms with E-state index in [0.29, 0.717) is 0 Å². The van der Waals surface area contributed by atoms with Gasteiger partial charge in [-0.15, -0.1) is 11.6 Å². The second kappa shape index (κ2) is 3.27. The van der Waals surface area contributed by atoms with Gasteiger partial charge in [0.1, 0.15) is 0 Å². The summed E-state index contributed by atoms with van der Waals surface area (Å²) < 4.78 is 0. The van der Waals surface area contributed by atoms with E-state index in [4.69, 9.17) is 11.6 Å². The number of hydrogen-bond acceptors (Lipinski definition) is 0. The predicted octanol–water partition coefficient (Wildman–Crippen LogP) is 3.60. The predicted molar refractivity (Wildman–Crippen MR) is 50.2 cm³/mol. The largest absolute Gasteiger partial charge is 0.118 e. The molecule has 0 fully saturated rings. The van der Waals surface area contributed by atoms with Gasteiger partial charge in [0.15, 0.2) is 0 Å². The van der Waals surface area contributed by atoms with Gasteiger partial charge in [-0.05, 0) is 37.5 Å². The SMILES string of the molecule is Cc1cccc(C(C)Cl)c1C. The van der Waals surface area contributed by atoms with Crippen LogP contribution in [-0.2, 0) is 0 Å². The molecule has 0 bridgehead atoms. The molecule has 0 amide bonds. The molecule has 1 unspecified atom stereocenters. The summed E-state index contributed by atoms with van der Waals surface area (Å²) in [6.07, 6.45) is 0. The van der Waals surface area contributed by atoms with Gasteiger partial charge in [0.2, 0.25) is 0 Å². The fraction of sp³-hybridized carbons (Fsp3) is 0.400. The minimum atomic E-state index is 0.120. The maximum atomic E-state index is 5.98. The van der Waals surface area contributed by atoms with Crippen molar-refractivity contribution in [3.05, 3.63) is 34.9 Å². The van der Waals surface area contributed by atoms with E-state index in [0.717, 1.165) is 0 Å². The van der Waals surface area contributed by atoms with Gasteiger partial charge in [-0.25, -0.2) is 0 Å². The van der Waals surface area contributed by atoms with Crippen LogP contribution in [0.4, 0.5) is 0 Å². The van der Waals surface area contributed by atoms with Gasteiger partial charge < -0.3 is 0 Å². The van der Waals surface area contributed by atoms with Crippen LogP contribution in [0.1, 0.15) is 29.0 Å². The van der Waals surface area contributed by atoms with E-state index < -0.39 is 0 Å². The lowest BCUT2D eigenvalue weighted by molar-refractivity contribution is 1.05. The lowest BCUT2D eigenvalue weighted by Crippen LogP contribution is -1.91. The zero-order valence-corrected chi connectivity index (χ0v) is 7.94. The Kier molecular flexibility index (Phi) is 2.56. The van der Waals surface area contributed by atoms with E-state index in [-0.39, 0.29) is 5.38 Å². The summed E-state index contributed by atoms with van der Waals surface area (Å²) in [7, 11) is 0. The van der Waals surface area contributed by atoms with E-state index >= 15 is 0 Å². The van der Waals surface area contributed by atoms with E-state index in [1.807, 2.05) is 6.92 Å². The van der Waals surface area contributed by atoms with E-state index in [1.54, 1.807) is 0 Å². The fourth-order valence-electron chi connectivity index (χ4n) is 1.20. The highest BCUT2D eigenvalue weighted by Gasteiger charge is 2.04. The van der Waals surface area contributed by atoms with Crippen LogP contribution in [0.3, 0.4) is 0 Å². The lowest BCUT2D eigenvalue weighted by Gasteiger charge is -2.09. The molecule has 0 aromatic heterocycles. The summed E-state index contributed by atoms with van der Waals surface area (Å²) in [6.45, 7) is 6.23. The Labute approximate surface area is 73.2 Å². The summed E-state index contributed by atoms with van der Waals surface area (Å²) >= 11 is 5.98. The van der Waals surface area contributed by atoms with Crippen LogP contribution in [0.2, 0.25) is 0 Å². The molecule has 0 nitrogen and oxygen atoms in total. The third-order valence-electron chi connectivity index (χ3n) is 2.08. The molecule has 1 heteroatoms. The van der Waals surface area contributed by atoms with E-state index in [2.05, 4.69) is 32.0 Å². The van der Waals surface area contributed by atoms with Gasteiger partial charge in [0.05, 0.1) is 5.38 Å². The second-order valence-corrected chi connectivity index (χ2v) is 3.56. The first-order valence-electron chi connectivity index (χ1n) is 3.83. The van der Waals surface area contributed by atoms with Crippen LogP contribution >= 0.6 is 11.6 Å². The van der Waals surface area contributed by atoms with E-state index in [1.165, 1.54) is 16.7 Å². The van der Waals surface area contributed by atoms with Gasteiger partial charge in [-0.2, -0.15) is 0 Å². The molecule has 0 aliphatic carbocycles. The molecule has 0 radical (unpaired) electrons. The van der Waals surface area contributed by atoms with Crippen LogP contribution < -0.4 is 0 Å². The smallest absolute Gasteiger partial charge is 0.0559 e. The van der Waals surface area contributed by atoms with Crippen LogP contribution in [0, 0.1) is 13.8 Å². The number of halogens is 1. The summed E-state index contributed by atoms with van der Waals surface area (Å²) in [5.41, 5.74) is 3.87. The summed E-state index contributed by atoms with van der Waals surface area (Å²) in [4.78, 5) is 0. The number of hydrogen-bond donors (Lipinski definition) is 0. The van der Waals surface area contributed by atoms with Crippen molar-refractivity contribution in [3.8, 4) is 0 Å². The maximum absolute atomic E-state index is 5.98.